The molecule has 0 bridgehead atoms. The first-order chi connectivity index (χ1) is 16.4. The number of halogens is 1. The van der Waals surface area contributed by atoms with E-state index in [2.05, 4.69) is 5.32 Å². The molecule has 3 aromatic carbocycles. The van der Waals surface area contributed by atoms with Crippen molar-refractivity contribution in [2.75, 3.05) is 19.7 Å². The fourth-order valence-corrected chi connectivity index (χ4v) is 4.37. The Labute approximate surface area is 197 Å². The van der Waals surface area contributed by atoms with Crippen molar-refractivity contribution >= 4 is 28.6 Å². The molecule has 1 heterocycles. The molecule has 2 unspecified atom stereocenters. The molecule has 1 saturated heterocycles. The molecule has 34 heavy (non-hydrogen) atoms. The lowest BCUT2D eigenvalue weighted by Crippen LogP contribution is -2.43. The summed E-state index contributed by atoms with van der Waals surface area (Å²) < 4.78 is 18.4. The summed E-state index contributed by atoms with van der Waals surface area (Å²) in [7, 11) is 0. The molecule has 7 heteroatoms. The average Bonchev–Trinajstić information content (AvgIpc) is 2.87. The Morgan fingerprint density at radius 2 is 1.79 bits per heavy atom. The van der Waals surface area contributed by atoms with E-state index in [1.165, 1.54) is 24.3 Å². The van der Waals surface area contributed by atoms with Gasteiger partial charge in [0.05, 0.1) is 12.0 Å². The lowest BCUT2D eigenvalue weighted by atomic mass is 9.97. The first-order valence-corrected chi connectivity index (χ1v) is 11.4. The molecular formula is C27H27FN2O4. The third kappa shape index (κ3) is 5.42. The molecule has 2 amide bonds. The predicted molar refractivity (Wildman–Crippen MR) is 126 cm³/mol. The van der Waals surface area contributed by atoms with E-state index in [-0.39, 0.29) is 31.0 Å². The van der Waals surface area contributed by atoms with E-state index in [4.69, 9.17) is 4.74 Å². The average molecular weight is 463 g/mol. The Kier molecular flexibility index (Phi) is 7.21. The zero-order valence-corrected chi connectivity index (χ0v) is 19.0. The minimum absolute atomic E-state index is 0.211. The summed E-state index contributed by atoms with van der Waals surface area (Å²) in [4.78, 5) is 39.3. The molecule has 0 radical (unpaired) electrons. The SMILES string of the molecule is CC(NC(=O)COC(=O)C1CCCN(C(=O)c2ccc(F)cc2)C1)c1cccc2ccccc12. The number of rotatable bonds is 6. The van der Waals surface area contributed by atoms with Crippen molar-refractivity contribution in [3.8, 4) is 0 Å². The van der Waals surface area contributed by atoms with Gasteiger partial charge in [-0.1, -0.05) is 42.5 Å². The van der Waals surface area contributed by atoms with Crippen molar-refractivity contribution in [1.82, 2.24) is 10.2 Å². The van der Waals surface area contributed by atoms with Crippen LogP contribution in [0.25, 0.3) is 10.8 Å². The van der Waals surface area contributed by atoms with Gasteiger partial charge in [-0.3, -0.25) is 14.4 Å². The van der Waals surface area contributed by atoms with Gasteiger partial charge >= 0.3 is 5.97 Å². The van der Waals surface area contributed by atoms with Gasteiger partial charge in [0.25, 0.3) is 11.8 Å². The van der Waals surface area contributed by atoms with Crippen LogP contribution in [0.1, 0.15) is 41.7 Å². The number of ether oxygens (including phenoxy) is 1. The molecule has 1 fully saturated rings. The standard InChI is InChI=1S/C27H27FN2O4/c1-18(23-10-4-7-19-6-2-3-9-24(19)23)29-25(31)17-34-27(33)21-8-5-15-30(16-21)26(32)20-11-13-22(28)14-12-20/h2-4,6-7,9-14,18,21H,5,8,15-17H2,1H3,(H,29,31). The Morgan fingerprint density at radius 1 is 1.06 bits per heavy atom. The number of nitrogens with zero attached hydrogens (tertiary/aromatic N) is 1. The lowest BCUT2D eigenvalue weighted by Gasteiger charge is -2.31. The largest absolute Gasteiger partial charge is 0.455 e. The molecule has 0 aliphatic carbocycles. The molecule has 0 saturated carbocycles. The number of esters is 1. The first-order valence-electron chi connectivity index (χ1n) is 11.4. The second-order valence-corrected chi connectivity index (χ2v) is 8.56. The smallest absolute Gasteiger partial charge is 0.311 e. The van der Waals surface area contributed by atoms with E-state index in [1.807, 2.05) is 49.4 Å². The van der Waals surface area contributed by atoms with Crippen molar-refractivity contribution < 1.29 is 23.5 Å². The summed E-state index contributed by atoms with van der Waals surface area (Å²) in [5.74, 6) is -2.04. The normalized spacial score (nSPS) is 16.6. The molecule has 4 rings (SSSR count). The lowest BCUT2D eigenvalue weighted by molar-refractivity contribution is -0.154. The van der Waals surface area contributed by atoms with Crippen molar-refractivity contribution in [1.29, 1.82) is 0 Å². The third-order valence-electron chi connectivity index (χ3n) is 6.15. The number of amides is 2. The monoisotopic (exact) mass is 462 g/mol. The first kappa shape index (κ1) is 23.4. The highest BCUT2D eigenvalue weighted by Crippen LogP contribution is 2.24. The van der Waals surface area contributed by atoms with Crippen LogP contribution in [0, 0.1) is 11.7 Å². The molecule has 1 aliphatic rings. The van der Waals surface area contributed by atoms with Gasteiger partial charge in [-0.25, -0.2) is 4.39 Å². The van der Waals surface area contributed by atoms with Gasteiger partial charge < -0.3 is 15.0 Å². The number of fused-ring (bicyclic) bond motifs is 1. The maximum Gasteiger partial charge on any atom is 0.311 e. The highest BCUT2D eigenvalue weighted by molar-refractivity contribution is 5.94. The summed E-state index contributed by atoms with van der Waals surface area (Å²) in [5, 5.41) is 5.03. The molecule has 0 aromatic heterocycles. The van der Waals surface area contributed by atoms with E-state index >= 15 is 0 Å². The second kappa shape index (κ2) is 10.5. The van der Waals surface area contributed by atoms with E-state index in [9.17, 15) is 18.8 Å². The quantitative estimate of drug-likeness (QED) is 0.556. The molecule has 2 atom stereocenters. The third-order valence-corrected chi connectivity index (χ3v) is 6.15. The van der Waals surface area contributed by atoms with Crippen LogP contribution >= 0.6 is 0 Å². The highest BCUT2D eigenvalue weighted by atomic mass is 19.1. The van der Waals surface area contributed by atoms with Crippen LogP contribution in [0.15, 0.2) is 66.7 Å². The predicted octanol–water partition coefficient (Wildman–Crippen LogP) is 4.25. The molecule has 176 valence electrons. The second-order valence-electron chi connectivity index (χ2n) is 8.56. The van der Waals surface area contributed by atoms with E-state index in [0.29, 0.717) is 24.9 Å². The van der Waals surface area contributed by atoms with Gasteiger partial charge in [0.1, 0.15) is 5.82 Å². The van der Waals surface area contributed by atoms with Gasteiger partial charge in [-0.2, -0.15) is 0 Å². The van der Waals surface area contributed by atoms with Gasteiger partial charge in [-0.05, 0) is 60.4 Å². The van der Waals surface area contributed by atoms with E-state index in [0.717, 1.165) is 16.3 Å². The number of hydrogen-bond acceptors (Lipinski definition) is 4. The summed E-state index contributed by atoms with van der Waals surface area (Å²) in [6.07, 6.45) is 1.23. The van der Waals surface area contributed by atoms with E-state index < -0.39 is 17.7 Å². The van der Waals surface area contributed by atoms with Crippen molar-refractivity contribution in [2.24, 2.45) is 5.92 Å². The van der Waals surface area contributed by atoms with Crippen molar-refractivity contribution in [2.45, 2.75) is 25.8 Å². The van der Waals surface area contributed by atoms with Crippen LogP contribution in [0.2, 0.25) is 0 Å². The zero-order chi connectivity index (χ0) is 24.1. The number of likely N-dealkylation sites (tertiary alicyclic amines) is 1. The molecule has 6 nitrogen and oxygen atoms in total. The zero-order valence-electron chi connectivity index (χ0n) is 19.0. The summed E-state index contributed by atoms with van der Waals surface area (Å²) >= 11 is 0. The number of hydrogen-bond donors (Lipinski definition) is 1. The van der Waals surface area contributed by atoms with Gasteiger partial charge in [0.2, 0.25) is 0 Å². The van der Waals surface area contributed by atoms with Crippen LogP contribution in [0.4, 0.5) is 4.39 Å². The van der Waals surface area contributed by atoms with Crippen LogP contribution in [0.3, 0.4) is 0 Å². The van der Waals surface area contributed by atoms with Crippen LogP contribution in [-0.2, 0) is 14.3 Å². The molecule has 3 aromatic rings. The summed E-state index contributed by atoms with van der Waals surface area (Å²) in [6.45, 7) is 2.24. The number of carbonyl (C=O) groups excluding carboxylic acids is 3. The van der Waals surface area contributed by atoms with Crippen LogP contribution in [-0.4, -0.2) is 42.4 Å². The molecule has 1 N–H and O–H groups in total. The van der Waals surface area contributed by atoms with E-state index in [1.54, 1.807) is 4.90 Å². The Morgan fingerprint density at radius 3 is 2.59 bits per heavy atom. The van der Waals surface area contributed by atoms with Gasteiger partial charge in [-0.15, -0.1) is 0 Å². The minimum Gasteiger partial charge on any atom is -0.455 e. The fraction of sp³-hybridized carbons (Fsp3) is 0.296. The topological polar surface area (TPSA) is 75.7 Å². The number of piperidine rings is 1. The Hall–Kier alpha value is -3.74. The van der Waals surface area contributed by atoms with Crippen molar-refractivity contribution in [3.05, 3.63) is 83.7 Å². The summed E-state index contributed by atoms with van der Waals surface area (Å²) in [6, 6.07) is 19.0. The van der Waals surface area contributed by atoms with Crippen molar-refractivity contribution in [3.63, 3.8) is 0 Å². The molecule has 0 spiro atoms. The van der Waals surface area contributed by atoms with Gasteiger partial charge in [0, 0.05) is 18.7 Å². The Balaban J connectivity index is 1.30. The van der Waals surface area contributed by atoms with Crippen LogP contribution in [0.5, 0.6) is 0 Å². The maximum absolute atomic E-state index is 13.1. The maximum atomic E-state index is 13.1. The van der Waals surface area contributed by atoms with Crippen LogP contribution < -0.4 is 5.32 Å². The number of carbonyl (C=O) groups is 3. The number of nitrogens with one attached hydrogen (secondary N) is 1. The summed E-state index contributed by atoms with van der Waals surface area (Å²) in [5.41, 5.74) is 1.36. The fourth-order valence-electron chi connectivity index (χ4n) is 4.37. The molecule has 1 aliphatic heterocycles. The minimum atomic E-state index is -0.499. The number of benzene rings is 3. The molecular weight excluding hydrogens is 435 g/mol. The van der Waals surface area contributed by atoms with Gasteiger partial charge in [0.15, 0.2) is 6.61 Å². The Bertz CT molecular complexity index is 1190. The highest BCUT2D eigenvalue weighted by Gasteiger charge is 2.30.